The van der Waals surface area contributed by atoms with Crippen molar-refractivity contribution in [1.82, 2.24) is 19.7 Å². The molecule has 10 heteroatoms. The Labute approximate surface area is 188 Å². The lowest BCUT2D eigenvalue weighted by Crippen LogP contribution is -2.08. The predicted octanol–water partition coefficient (Wildman–Crippen LogP) is 4.77. The number of aryl methyl sites for hydroxylation is 1. The summed E-state index contributed by atoms with van der Waals surface area (Å²) in [4.78, 5) is 20.4. The number of hydrogen-bond donors (Lipinski definition) is 3. The van der Waals surface area contributed by atoms with Gasteiger partial charge in [-0.2, -0.15) is 10.1 Å². The topological polar surface area (TPSA) is 96.8 Å². The third kappa shape index (κ3) is 5.18. The van der Waals surface area contributed by atoms with Gasteiger partial charge in [-0.05, 0) is 42.0 Å². The van der Waals surface area contributed by atoms with E-state index in [1.807, 2.05) is 0 Å². The maximum absolute atomic E-state index is 14.6. The molecule has 0 aliphatic carbocycles. The molecule has 2 heterocycles. The van der Waals surface area contributed by atoms with Crippen molar-refractivity contribution in [2.45, 2.75) is 0 Å². The highest BCUT2D eigenvalue weighted by molar-refractivity contribution is 5.99. The molecule has 33 heavy (non-hydrogen) atoms. The molecular formula is C23H19F2N7O. The zero-order chi connectivity index (χ0) is 23.4. The molecule has 0 saturated heterocycles. The Morgan fingerprint density at radius 1 is 1.06 bits per heavy atom. The highest BCUT2D eigenvalue weighted by Crippen LogP contribution is 2.31. The number of hydrogen-bond acceptors (Lipinski definition) is 6. The SMILES string of the molecule is C=CC(=O)Nc1ccc(F)c(Nc2nc(Nc3cnn(C)c3)ncc2-c2ccc(F)cc2)c1. The second-order valence-corrected chi connectivity index (χ2v) is 7.00. The first-order valence-corrected chi connectivity index (χ1v) is 9.80. The van der Waals surface area contributed by atoms with Crippen molar-refractivity contribution in [3.05, 3.63) is 85.3 Å². The van der Waals surface area contributed by atoms with E-state index in [0.29, 0.717) is 22.5 Å². The van der Waals surface area contributed by atoms with Gasteiger partial charge in [-0.25, -0.2) is 13.8 Å². The van der Waals surface area contributed by atoms with Crippen LogP contribution in [0.25, 0.3) is 11.1 Å². The fraction of sp³-hybridized carbons (Fsp3) is 0.0435. The molecule has 0 aliphatic heterocycles. The third-order valence-electron chi connectivity index (χ3n) is 4.58. The number of halogens is 2. The van der Waals surface area contributed by atoms with Crippen molar-refractivity contribution in [2.24, 2.45) is 7.05 Å². The molecule has 4 rings (SSSR count). The van der Waals surface area contributed by atoms with Crippen molar-refractivity contribution < 1.29 is 13.6 Å². The minimum atomic E-state index is -0.558. The van der Waals surface area contributed by atoms with E-state index in [9.17, 15) is 13.6 Å². The molecule has 0 spiro atoms. The van der Waals surface area contributed by atoms with E-state index in [-0.39, 0.29) is 23.3 Å². The van der Waals surface area contributed by atoms with Crippen molar-refractivity contribution >= 4 is 34.7 Å². The molecule has 2 aromatic carbocycles. The van der Waals surface area contributed by atoms with Crippen molar-refractivity contribution in [2.75, 3.05) is 16.0 Å². The van der Waals surface area contributed by atoms with Gasteiger partial charge < -0.3 is 16.0 Å². The molecule has 3 N–H and O–H groups in total. The van der Waals surface area contributed by atoms with Crippen LogP contribution in [0.4, 0.5) is 37.6 Å². The Hall–Kier alpha value is -4.60. The molecule has 0 fully saturated rings. The Morgan fingerprint density at radius 2 is 1.85 bits per heavy atom. The predicted molar refractivity (Wildman–Crippen MR) is 122 cm³/mol. The van der Waals surface area contributed by atoms with Gasteiger partial charge in [0.2, 0.25) is 11.9 Å². The number of nitrogens with one attached hydrogen (secondary N) is 3. The van der Waals surface area contributed by atoms with Gasteiger partial charge in [0.05, 0.1) is 17.6 Å². The molecule has 1 amide bonds. The summed E-state index contributed by atoms with van der Waals surface area (Å²) in [5.41, 5.74) is 2.26. The maximum atomic E-state index is 14.6. The van der Waals surface area contributed by atoms with E-state index in [1.165, 1.54) is 30.3 Å². The number of benzene rings is 2. The highest BCUT2D eigenvalue weighted by Gasteiger charge is 2.14. The lowest BCUT2D eigenvalue weighted by atomic mass is 10.1. The summed E-state index contributed by atoms with van der Waals surface area (Å²) in [5.74, 6) is -0.857. The molecule has 2 aromatic heterocycles. The summed E-state index contributed by atoms with van der Waals surface area (Å²) >= 11 is 0. The molecule has 0 unspecified atom stereocenters. The molecular weight excluding hydrogens is 428 g/mol. The lowest BCUT2D eigenvalue weighted by Gasteiger charge is -2.14. The summed E-state index contributed by atoms with van der Waals surface area (Å²) in [7, 11) is 1.78. The van der Waals surface area contributed by atoms with Gasteiger partial charge in [-0.1, -0.05) is 18.7 Å². The van der Waals surface area contributed by atoms with Crippen LogP contribution < -0.4 is 16.0 Å². The van der Waals surface area contributed by atoms with E-state index in [4.69, 9.17) is 0 Å². The van der Waals surface area contributed by atoms with Crippen LogP contribution in [0.5, 0.6) is 0 Å². The number of carbonyl (C=O) groups is 1. The fourth-order valence-electron chi connectivity index (χ4n) is 3.01. The highest BCUT2D eigenvalue weighted by atomic mass is 19.1. The number of rotatable bonds is 7. The first-order chi connectivity index (χ1) is 15.9. The smallest absolute Gasteiger partial charge is 0.247 e. The van der Waals surface area contributed by atoms with E-state index >= 15 is 0 Å². The number of carbonyl (C=O) groups excluding carboxylic acids is 1. The first-order valence-electron chi connectivity index (χ1n) is 9.80. The quantitative estimate of drug-likeness (QED) is 0.353. The summed E-state index contributed by atoms with van der Waals surface area (Å²) in [6.07, 6.45) is 6.01. The average molecular weight is 447 g/mol. The van der Waals surface area contributed by atoms with Gasteiger partial charge in [0.1, 0.15) is 17.5 Å². The van der Waals surface area contributed by atoms with Crippen molar-refractivity contribution in [3.8, 4) is 11.1 Å². The van der Waals surface area contributed by atoms with Crippen LogP contribution in [-0.4, -0.2) is 25.7 Å². The van der Waals surface area contributed by atoms with Crippen molar-refractivity contribution in [3.63, 3.8) is 0 Å². The van der Waals surface area contributed by atoms with Gasteiger partial charge in [-0.3, -0.25) is 9.48 Å². The molecule has 166 valence electrons. The summed E-state index contributed by atoms with van der Waals surface area (Å²) in [6.45, 7) is 3.40. The minimum Gasteiger partial charge on any atom is -0.337 e. The Kier molecular flexibility index (Phi) is 6.07. The van der Waals surface area contributed by atoms with Crippen LogP contribution in [0.1, 0.15) is 0 Å². The number of aromatic nitrogens is 4. The van der Waals surface area contributed by atoms with Crippen LogP contribution >= 0.6 is 0 Å². The zero-order valence-corrected chi connectivity index (χ0v) is 17.5. The Bertz CT molecular complexity index is 1320. The number of anilines is 5. The molecule has 0 bridgehead atoms. The van der Waals surface area contributed by atoms with Gasteiger partial charge in [-0.15, -0.1) is 0 Å². The van der Waals surface area contributed by atoms with Gasteiger partial charge in [0.25, 0.3) is 0 Å². The molecule has 4 aromatic rings. The fourth-order valence-corrected chi connectivity index (χ4v) is 3.01. The molecule has 8 nitrogen and oxygen atoms in total. The van der Waals surface area contributed by atoms with Crippen LogP contribution in [0.2, 0.25) is 0 Å². The van der Waals surface area contributed by atoms with Crippen LogP contribution in [0, 0.1) is 11.6 Å². The second-order valence-electron chi connectivity index (χ2n) is 7.00. The molecule has 0 atom stereocenters. The average Bonchev–Trinajstić information content (AvgIpc) is 3.21. The molecule has 0 aliphatic rings. The van der Waals surface area contributed by atoms with Gasteiger partial charge in [0, 0.05) is 30.7 Å². The lowest BCUT2D eigenvalue weighted by molar-refractivity contribution is -0.111. The number of amides is 1. The number of nitrogens with zero attached hydrogens (tertiary/aromatic N) is 4. The van der Waals surface area contributed by atoms with Crippen LogP contribution in [-0.2, 0) is 11.8 Å². The first kappa shape index (κ1) is 21.6. The van der Waals surface area contributed by atoms with Crippen LogP contribution in [0.15, 0.2) is 73.7 Å². The molecule has 0 radical (unpaired) electrons. The third-order valence-corrected chi connectivity index (χ3v) is 4.58. The van der Waals surface area contributed by atoms with Gasteiger partial charge >= 0.3 is 0 Å². The standard InChI is InChI=1S/C23H19F2N7O/c1-3-21(33)28-16-8-9-19(25)20(10-16)30-22-18(14-4-6-15(24)7-5-14)12-26-23(31-22)29-17-11-27-32(2)13-17/h3-13H,1H2,2H3,(H,28,33)(H2,26,29,30,31). The van der Waals surface area contributed by atoms with Crippen molar-refractivity contribution in [1.29, 1.82) is 0 Å². The normalized spacial score (nSPS) is 10.5. The summed E-state index contributed by atoms with van der Waals surface area (Å²) < 4.78 is 29.6. The largest absolute Gasteiger partial charge is 0.337 e. The summed E-state index contributed by atoms with van der Waals surface area (Å²) in [5, 5.41) is 12.7. The van der Waals surface area contributed by atoms with E-state index in [1.54, 1.807) is 42.5 Å². The zero-order valence-electron chi connectivity index (χ0n) is 17.5. The monoisotopic (exact) mass is 447 g/mol. The summed E-state index contributed by atoms with van der Waals surface area (Å²) in [6, 6.07) is 9.85. The van der Waals surface area contributed by atoms with Gasteiger partial charge in [0.15, 0.2) is 0 Å². The maximum Gasteiger partial charge on any atom is 0.247 e. The van der Waals surface area contributed by atoms with E-state index in [0.717, 1.165) is 6.08 Å². The van der Waals surface area contributed by atoms with Crippen LogP contribution in [0.3, 0.4) is 0 Å². The minimum absolute atomic E-state index is 0.0752. The van der Waals surface area contributed by atoms with E-state index in [2.05, 4.69) is 37.6 Å². The second kappa shape index (κ2) is 9.27. The molecule has 0 saturated carbocycles. The Balaban J connectivity index is 1.73. The van der Waals surface area contributed by atoms with E-state index < -0.39 is 11.7 Å². The Morgan fingerprint density at radius 3 is 2.55 bits per heavy atom.